The predicted octanol–water partition coefficient (Wildman–Crippen LogP) is 4.47. The summed E-state index contributed by atoms with van der Waals surface area (Å²) in [6.45, 7) is 17.1. The number of aliphatic hydroxyl groups excluding tert-OH is 2. The monoisotopic (exact) mass is 578 g/mol. The highest BCUT2D eigenvalue weighted by molar-refractivity contribution is 8.11. The molecule has 0 saturated heterocycles. The second-order valence-corrected chi connectivity index (χ2v) is 22.7. The first kappa shape index (κ1) is 35.2. The van der Waals surface area contributed by atoms with E-state index >= 15 is 0 Å². The molecule has 0 fully saturated rings. The van der Waals surface area contributed by atoms with Crippen molar-refractivity contribution in [3.63, 3.8) is 0 Å². The van der Waals surface area contributed by atoms with Crippen molar-refractivity contribution in [2.24, 2.45) is 17.8 Å². The SMILES string of the molecule is CC(CO)CO[Si](C)(CCCS)OCC(C)CO[Si](C)(CCCOP(C)(C)=S)OCC(C)CO. The van der Waals surface area contributed by atoms with Gasteiger partial charge in [0, 0.05) is 57.4 Å². The van der Waals surface area contributed by atoms with Crippen molar-refractivity contribution >= 4 is 47.8 Å². The maximum Gasteiger partial charge on any atom is 0.335 e. The van der Waals surface area contributed by atoms with Crippen molar-refractivity contribution in [2.75, 3.05) is 65.3 Å². The summed E-state index contributed by atoms with van der Waals surface area (Å²) in [6, 6.07) is 1.68. The predicted molar refractivity (Wildman–Crippen MR) is 153 cm³/mol. The molecule has 0 aliphatic heterocycles. The first-order valence-electron chi connectivity index (χ1n) is 12.4. The van der Waals surface area contributed by atoms with Gasteiger partial charge >= 0.3 is 17.1 Å². The summed E-state index contributed by atoms with van der Waals surface area (Å²) >= 11 is 9.71. The van der Waals surface area contributed by atoms with Crippen LogP contribution in [0, 0.1) is 17.8 Å². The Balaban J connectivity index is 4.85. The van der Waals surface area contributed by atoms with Crippen LogP contribution in [-0.2, 0) is 34.0 Å². The Morgan fingerprint density at radius 2 is 1.15 bits per heavy atom. The molecule has 2 N–H and O–H groups in total. The Labute approximate surface area is 221 Å². The van der Waals surface area contributed by atoms with E-state index in [9.17, 15) is 10.2 Å². The fourth-order valence-electron chi connectivity index (χ4n) is 2.88. The Kier molecular flexibility index (Phi) is 19.0. The number of hydrogen-bond acceptors (Lipinski definition) is 9. The molecule has 206 valence electrons. The molecule has 34 heavy (non-hydrogen) atoms. The molecule has 0 bridgehead atoms. The first-order chi connectivity index (χ1) is 15.8. The van der Waals surface area contributed by atoms with Crippen LogP contribution in [0.2, 0.25) is 25.2 Å². The van der Waals surface area contributed by atoms with E-state index in [1.807, 2.05) is 27.2 Å². The highest BCUT2D eigenvalue weighted by atomic mass is 32.4. The third-order valence-corrected chi connectivity index (χ3v) is 12.4. The van der Waals surface area contributed by atoms with E-state index in [-0.39, 0.29) is 31.0 Å². The van der Waals surface area contributed by atoms with Gasteiger partial charge in [0.2, 0.25) is 0 Å². The zero-order valence-corrected chi connectivity index (χ0v) is 27.1. The summed E-state index contributed by atoms with van der Waals surface area (Å²) in [4.78, 5) is 0. The lowest BCUT2D eigenvalue weighted by Gasteiger charge is -2.32. The Hall–Kier alpha value is 1.15. The minimum Gasteiger partial charge on any atom is -0.396 e. The molecule has 0 spiro atoms. The minimum absolute atomic E-state index is 0.0712. The van der Waals surface area contributed by atoms with Crippen LogP contribution >= 0.6 is 18.9 Å². The molecule has 5 atom stereocenters. The topological polar surface area (TPSA) is 86.6 Å². The van der Waals surface area contributed by atoms with E-state index < -0.39 is 23.4 Å². The quantitative estimate of drug-likeness (QED) is 0.0751. The van der Waals surface area contributed by atoms with Crippen molar-refractivity contribution in [1.29, 1.82) is 0 Å². The van der Waals surface area contributed by atoms with Gasteiger partial charge < -0.3 is 32.4 Å². The second kappa shape index (κ2) is 18.4. The largest absolute Gasteiger partial charge is 0.396 e. The molecule has 0 amide bonds. The van der Waals surface area contributed by atoms with Crippen molar-refractivity contribution in [3.8, 4) is 0 Å². The van der Waals surface area contributed by atoms with Gasteiger partial charge in [-0.2, -0.15) is 12.6 Å². The first-order valence-corrected chi connectivity index (χ1v) is 21.7. The zero-order chi connectivity index (χ0) is 26.3. The highest BCUT2D eigenvalue weighted by Gasteiger charge is 2.34. The molecule has 0 heterocycles. The van der Waals surface area contributed by atoms with E-state index in [0.29, 0.717) is 33.0 Å². The third-order valence-electron chi connectivity index (χ3n) is 5.28. The summed E-state index contributed by atoms with van der Waals surface area (Å²) in [7, 11) is -4.80. The average Bonchev–Trinajstić information content (AvgIpc) is 2.79. The van der Waals surface area contributed by atoms with Gasteiger partial charge in [0.15, 0.2) is 0 Å². The lowest BCUT2D eigenvalue weighted by molar-refractivity contribution is 0.0866. The molecule has 0 aliphatic rings. The van der Waals surface area contributed by atoms with Crippen LogP contribution in [0.3, 0.4) is 0 Å². The molecule has 7 nitrogen and oxygen atoms in total. The van der Waals surface area contributed by atoms with Crippen molar-refractivity contribution in [3.05, 3.63) is 0 Å². The van der Waals surface area contributed by atoms with Crippen LogP contribution in [0.1, 0.15) is 33.6 Å². The van der Waals surface area contributed by atoms with Gasteiger partial charge in [-0.25, -0.2) is 0 Å². The molecule has 0 rings (SSSR count). The molecular weight excluding hydrogens is 528 g/mol. The lowest BCUT2D eigenvalue weighted by atomic mass is 10.2. The summed E-state index contributed by atoms with van der Waals surface area (Å²) < 4.78 is 30.9. The van der Waals surface area contributed by atoms with Crippen LogP contribution < -0.4 is 0 Å². The van der Waals surface area contributed by atoms with Crippen LogP contribution in [0.5, 0.6) is 0 Å². The molecule has 0 radical (unpaired) electrons. The Morgan fingerprint density at radius 1 is 0.765 bits per heavy atom. The van der Waals surface area contributed by atoms with Gasteiger partial charge in [-0.05, 0) is 57.1 Å². The Bertz CT molecular complexity index is 575. The Morgan fingerprint density at radius 3 is 1.50 bits per heavy atom. The lowest BCUT2D eigenvalue weighted by Crippen LogP contribution is -2.44. The van der Waals surface area contributed by atoms with Gasteiger partial charge in [-0.1, -0.05) is 32.6 Å². The third kappa shape index (κ3) is 18.4. The van der Waals surface area contributed by atoms with Crippen LogP contribution in [0.25, 0.3) is 0 Å². The van der Waals surface area contributed by atoms with Crippen LogP contribution in [0.4, 0.5) is 0 Å². The molecule has 12 heteroatoms. The van der Waals surface area contributed by atoms with Gasteiger partial charge in [0.1, 0.15) is 0 Å². The summed E-state index contributed by atoms with van der Waals surface area (Å²) in [5.41, 5.74) is 0. The smallest absolute Gasteiger partial charge is 0.335 e. The van der Waals surface area contributed by atoms with E-state index in [1.165, 1.54) is 0 Å². The standard InChI is InChI=1S/C22H51O7PS2Si2/c1-20(14-23)16-26-33(6,12-8-10-25-30(4,5)32)28-18-22(3)19-29-34(7,13-9-11-31)27-17-21(2)15-24/h20-24,31H,8-19H2,1-7H3. The van der Waals surface area contributed by atoms with Crippen molar-refractivity contribution < 1.29 is 32.4 Å². The zero-order valence-electron chi connectivity index (χ0n) is 22.5. The number of rotatable bonds is 22. The molecule has 0 aromatic rings. The van der Waals surface area contributed by atoms with Gasteiger partial charge in [-0.15, -0.1) is 0 Å². The molecule has 0 aromatic heterocycles. The second-order valence-electron chi connectivity index (χ2n) is 10.2. The van der Waals surface area contributed by atoms with Crippen LogP contribution in [0.15, 0.2) is 0 Å². The minimum atomic E-state index is -2.44. The van der Waals surface area contributed by atoms with Gasteiger partial charge in [0.25, 0.3) is 0 Å². The fourth-order valence-corrected chi connectivity index (χ4v) is 9.02. The van der Waals surface area contributed by atoms with Crippen molar-refractivity contribution in [2.45, 2.75) is 58.8 Å². The average molecular weight is 579 g/mol. The fraction of sp³-hybridized carbons (Fsp3) is 1.00. The highest BCUT2D eigenvalue weighted by Crippen LogP contribution is 2.38. The van der Waals surface area contributed by atoms with E-state index in [0.717, 1.165) is 30.7 Å². The van der Waals surface area contributed by atoms with Crippen LogP contribution in [-0.4, -0.2) is 92.7 Å². The summed E-state index contributed by atoms with van der Waals surface area (Å²) in [5.74, 6) is 1.14. The normalized spacial score (nSPS) is 18.8. The molecular formula is C22H51O7PS2Si2. The summed E-state index contributed by atoms with van der Waals surface area (Å²) in [6.07, 6.45) is 0.111. The maximum absolute atomic E-state index is 9.38. The summed E-state index contributed by atoms with van der Waals surface area (Å²) in [5, 5.41) is 18.7. The van der Waals surface area contributed by atoms with Crippen molar-refractivity contribution in [1.82, 2.24) is 0 Å². The molecule has 0 aliphatic carbocycles. The maximum atomic E-state index is 9.38. The molecule has 5 unspecified atom stereocenters. The number of thiol groups is 1. The van der Waals surface area contributed by atoms with E-state index in [1.54, 1.807) is 0 Å². The number of hydrogen-bond donors (Lipinski definition) is 3. The molecule has 0 saturated carbocycles. The van der Waals surface area contributed by atoms with Gasteiger partial charge in [0.05, 0.1) is 12.9 Å². The van der Waals surface area contributed by atoms with Gasteiger partial charge in [-0.3, -0.25) is 0 Å². The van der Waals surface area contributed by atoms with E-state index in [4.69, 9.17) is 34.0 Å². The van der Waals surface area contributed by atoms with E-state index in [2.05, 4.69) is 32.6 Å². The molecule has 0 aromatic carbocycles. The number of aliphatic hydroxyl groups is 2.